The third-order valence-corrected chi connectivity index (χ3v) is 7.16. The Kier molecular flexibility index (Phi) is 2.73. The summed E-state index contributed by atoms with van der Waals surface area (Å²) in [5.41, 5.74) is 4.17. The first kappa shape index (κ1) is 15.2. The van der Waals surface area contributed by atoms with Gasteiger partial charge in [0.2, 0.25) is 6.79 Å². The summed E-state index contributed by atoms with van der Waals surface area (Å²) in [6.07, 6.45) is 0. The minimum absolute atomic E-state index is 0.242. The molecule has 1 aromatic heterocycles. The van der Waals surface area contributed by atoms with Crippen molar-refractivity contribution >= 4 is 39.5 Å². The van der Waals surface area contributed by atoms with Gasteiger partial charge in [0.25, 0.3) is 0 Å². The van der Waals surface area contributed by atoms with Gasteiger partial charge in [-0.15, -0.1) is 11.3 Å². The molecule has 7 heteroatoms. The van der Waals surface area contributed by atoms with Gasteiger partial charge in [0.1, 0.15) is 28.6 Å². The number of halogens is 1. The van der Waals surface area contributed by atoms with Crippen molar-refractivity contribution in [3.63, 3.8) is 0 Å². The largest absolute Gasteiger partial charge is 0.491 e. The van der Waals surface area contributed by atoms with Crippen LogP contribution in [-0.4, -0.2) is 19.2 Å². The number of para-hydroxylation sites is 1. The first-order valence-electron chi connectivity index (χ1n) is 9.05. The second-order valence-corrected chi connectivity index (χ2v) is 8.98. The third kappa shape index (κ3) is 1.71. The van der Waals surface area contributed by atoms with E-state index in [1.807, 2.05) is 12.1 Å². The number of amidine groups is 1. The standard InChI is InChI=1S/C21H13ClN2O3S/c22-18-5-11-8-24-14-4-2-1-3-12(14)21(20(24)23-19(11)28-18)9-25-15-7-17-16(6-13(15)21)26-10-27-17/h1-7H,8-10H2. The monoisotopic (exact) mass is 408 g/mol. The van der Waals surface area contributed by atoms with E-state index in [9.17, 15) is 0 Å². The lowest BCUT2D eigenvalue weighted by Crippen LogP contribution is -2.43. The molecule has 1 spiro atoms. The summed E-state index contributed by atoms with van der Waals surface area (Å²) in [7, 11) is 0. The zero-order valence-electron chi connectivity index (χ0n) is 14.6. The number of anilines is 1. The molecule has 0 radical (unpaired) electrons. The Hall–Kier alpha value is -2.70. The van der Waals surface area contributed by atoms with Crippen molar-refractivity contribution in [2.24, 2.45) is 4.99 Å². The molecule has 0 aliphatic carbocycles. The van der Waals surface area contributed by atoms with Gasteiger partial charge in [-0.25, -0.2) is 4.99 Å². The third-order valence-electron chi connectivity index (χ3n) is 5.96. The van der Waals surface area contributed by atoms with Crippen LogP contribution in [0.1, 0.15) is 16.7 Å². The van der Waals surface area contributed by atoms with E-state index in [0.717, 1.165) is 50.1 Å². The van der Waals surface area contributed by atoms with Gasteiger partial charge < -0.3 is 19.1 Å². The van der Waals surface area contributed by atoms with Gasteiger partial charge in [-0.05, 0) is 23.8 Å². The quantitative estimate of drug-likeness (QED) is 0.532. The van der Waals surface area contributed by atoms with Crippen molar-refractivity contribution in [2.45, 2.75) is 12.0 Å². The van der Waals surface area contributed by atoms with E-state index in [1.54, 1.807) is 0 Å². The summed E-state index contributed by atoms with van der Waals surface area (Å²) in [5, 5.41) is 0.984. The summed E-state index contributed by atoms with van der Waals surface area (Å²) in [6.45, 7) is 1.51. The minimum Gasteiger partial charge on any atom is -0.491 e. The van der Waals surface area contributed by atoms with Crippen LogP contribution in [0.25, 0.3) is 0 Å². The number of nitrogens with zero attached hydrogens (tertiary/aromatic N) is 2. The van der Waals surface area contributed by atoms with Crippen LogP contribution in [-0.2, 0) is 12.0 Å². The predicted molar refractivity (Wildman–Crippen MR) is 108 cm³/mol. The number of fused-ring (bicyclic) bond motifs is 9. The molecule has 0 saturated carbocycles. The van der Waals surface area contributed by atoms with Crippen LogP contribution in [0.3, 0.4) is 0 Å². The van der Waals surface area contributed by atoms with Crippen molar-refractivity contribution in [3.05, 3.63) is 63.5 Å². The van der Waals surface area contributed by atoms with Crippen LogP contribution < -0.4 is 19.1 Å². The Morgan fingerprint density at radius 3 is 2.79 bits per heavy atom. The SMILES string of the molecule is Clc1cc2c(s1)N=C1N(C2)c2ccccc2C12COc1cc3c(cc12)OCO3. The lowest BCUT2D eigenvalue weighted by molar-refractivity contribution is 0.173. The number of hydrogen-bond donors (Lipinski definition) is 0. The molecule has 3 aromatic rings. The molecule has 1 unspecified atom stereocenters. The Morgan fingerprint density at radius 2 is 1.86 bits per heavy atom. The molecule has 1 atom stereocenters. The molecule has 0 N–H and O–H groups in total. The van der Waals surface area contributed by atoms with Gasteiger partial charge in [-0.2, -0.15) is 0 Å². The molecule has 2 aromatic carbocycles. The summed E-state index contributed by atoms with van der Waals surface area (Å²) in [6, 6.07) is 14.5. The second kappa shape index (κ2) is 5.01. The van der Waals surface area contributed by atoms with E-state index >= 15 is 0 Å². The van der Waals surface area contributed by atoms with Gasteiger partial charge >= 0.3 is 0 Å². The fourth-order valence-corrected chi connectivity index (χ4v) is 5.88. The highest BCUT2D eigenvalue weighted by atomic mass is 35.5. The molecule has 5 heterocycles. The number of aliphatic imine (C=N–C) groups is 1. The van der Waals surface area contributed by atoms with Crippen LogP contribution in [0.4, 0.5) is 10.7 Å². The molecule has 138 valence electrons. The maximum atomic E-state index is 6.28. The van der Waals surface area contributed by atoms with Crippen LogP contribution >= 0.6 is 22.9 Å². The summed E-state index contributed by atoms with van der Waals surface area (Å²) in [4.78, 5) is 7.39. The molecule has 7 rings (SSSR count). The molecule has 0 fully saturated rings. The van der Waals surface area contributed by atoms with Gasteiger partial charge in [0, 0.05) is 22.9 Å². The number of thiophene rings is 1. The zero-order valence-corrected chi connectivity index (χ0v) is 16.1. The van der Waals surface area contributed by atoms with Crippen molar-refractivity contribution in [1.29, 1.82) is 0 Å². The molecule has 0 bridgehead atoms. The lowest BCUT2D eigenvalue weighted by atomic mass is 9.76. The van der Waals surface area contributed by atoms with E-state index in [1.165, 1.54) is 22.6 Å². The Balaban J connectivity index is 1.54. The van der Waals surface area contributed by atoms with E-state index in [4.69, 9.17) is 30.8 Å². The predicted octanol–water partition coefficient (Wildman–Crippen LogP) is 4.87. The molecular weight excluding hydrogens is 396 g/mol. The molecule has 4 aliphatic heterocycles. The number of ether oxygens (including phenoxy) is 3. The molecule has 5 nitrogen and oxygen atoms in total. The van der Waals surface area contributed by atoms with Crippen LogP contribution in [0, 0.1) is 0 Å². The Morgan fingerprint density at radius 1 is 1.00 bits per heavy atom. The van der Waals surface area contributed by atoms with Gasteiger partial charge in [0.05, 0.1) is 10.9 Å². The van der Waals surface area contributed by atoms with Crippen LogP contribution in [0.15, 0.2) is 47.5 Å². The highest BCUT2D eigenvalue weighted by molar-refractivity contribution is 7.19. The molecular formula is C21H13ClN2O3S. The first-order chi connectivity index (χ1) is 13.7. The van der Waals surface area contributed by atoms with Crippen LogP contribution in [0.2, 0.25) is 4.34 Å². The van der Waals surface area contributed by atoms with Crippen molar-refractivity contribution < 1.29 is 14.2 Å². The molecule has 0 amide bonds. The Bertz CT molecular complexity index is 1220. The van der Waals surface area contributed by atoms with Gasteiger partial charge in [-0.3, -0.25) is 0 Å². The average molecular weight is 409 g/mol. The summed E-state index contributed by atoms with van der Waals surface area (Å²) < 4.78 is 18.2. The normalized spacial score (nSPS) is 22.5. The summed E-state index contributed by atoms with van der Waals surface area (Å²) >= 11 is 7.81. The van der Waals surface area contributed by atoms with Crippen molar-refractivity contribution in [2.75, 3.05) is 18.3 Å². The second-order valence-electron chi connectivity index (χ2n) is 7.32. The van der Waals surface area contributed by atoms with Crippen molar-refractivity contribution in [1.82, 2.24) is 0 Å². The van der Waals surface area contributed by atoms with Crippen LogP contribution in [0.5, 0.6) is 17.2 Å². The fraction of sp³-hybridized carbons (Fsp3) is 0.190. The highest BCUT2D eigenvalue weighted by Gasteiger charge is 2.56. The number of hydrogen-bond acceptors (Lipinski definition) is 6. The first-order valence-corrected chi connectivity index (χ1v) is 10.2. The van der Waals surface area contributed by atoms with Crippen molar-refractivity contribution in [3.8, 4) is 17.2 Å². The zero-order chi connectivity index (χ0) is 18.5. The van der Waals surface area contributed by atoms with E-state index in [2.05, 4.69) is 35.2 Å². The van der Waals surface area contributed by atoms with E-state index in [0.29, 0.717) is 6.61 Å². The minimum atomic E-state index is -0.457. The smallest absolute Gasteiger partial charge is 0.231 e. The summed E-state index contributed by atoms with van der Waals surface area (Å²) in [5.74, 6) is 3.32. The van der Waals surface area contributed by atoms with Gasteiger partial charge in [0.15, 0.2) is 11.5 Å². The van der Waals surface area contributed by atoms with Gasteiger partial charge in [-0.1, -0.05) is 29.8 Å². The van der Waals surface area contributed by atoms with E-state index in [-0.39, 0.29) is 6.79 Å². The Labute approximate surface area is 169 Å². The molecule has 28 heavy (non-hydrogen) atoms. The maximum absolute atomic E-state index is 6.28. The average Bonchev–Trinajstić information content (AvgIpc) is 3.44. The topological polar surface area (TPSA) is 43.3 Å². The maximum Gasteiger partial charge on any atom is 0.231 e. The lowest BCUT2D eigenvalue weighted by Gasteiger charge is -2.30. The van der Waals surface area contributed by atoms with E-state index < -0.39 is 5.41 Å². The number of rotatable bonds is 0. The molecule has 4 aliphatic rings. The highest BCUT2D eigenvalue weighted by Crippen LogP contribution is 2.57. The number of benzene rings is 2. The fourth-order valence-electron chi connectivity index (χ4n) is 4.76. The molecule has 0 saturated heterocycles.